The molecule has 386 valence electrons. The van der Waals surface area contributed by atoms with E-state index in [1.807, 2.05) is 0 Å². The maximum atomic E-state index is 12.7. The van der Waals surface area contributed by atoms with Gasteiger partial charge in [-0.2, -0.15) is 0 Å². The zero-order chi connectivity index (χ0) is 50.0. The zero-order valence-corrected chi connectivity index (χ0v) is 44.0. The topological polar surface area (TPSA) is 78.9 Å². The largest absolute Gasteiger partial charge is 0.462 e. The summed E-state index contributed by atoms with van der Waals surface area (Å²) in [5.74, 6) is -0.990. The highest BCUT2D eigenvalue weighted by atomic mass is 16.6. The van der Waals surface area contributed by atoms with E-state index in [2.05, 4.69) is 167 Å². The Hall–Kier alpha value is -4.71. The standard InChI is InChI=1S/C63H98O6/c1-4-7-10-13-15-17-19-21-22-23-24-25-26-27-28-29-30-31-32-33-34-35-36-37-38-39-40-42-43-45-47-50-53-56-62(65)68-59-60(58-67-61(64)55-52-49-12-9-6-3)69-63(66)57-54-51-48-46-44-41-20-18-16-14-11-8-5-2/h7,10-11,14-15,17-18,20-22,24-25,27-28,30-31,33-34,36-37,39-40,43,45,60H,4-6,8-9,12-13,16,19,23,26,29,32,35,38,41-42,44,46-59H2,1-3H3/b10-7-,14-11-,17-15-,20-18-,22-21-,25-24-,28-27-,31-30-,34-33-,37-36-,40-39-,45-43-. The summed E-state index contributed by atoms with van der Waals surface area (Å²) in [5.41, 5.74) is 0. The Bertz CT molecular complexity index is 1560. The Labute approximate surface area is 423 Å². The third-order valence-corrected chi connectivity index (χ3v) is 10.8. The Morgan fingerprint density at radius 1 is 0.304 bits per heavy atom. The molecular formula is C63H98O6. The lowest BCUT2D eigenvalue weighted by Crippen LogP contribution is -2.30. The summed E-state index contributed by atoms with van der Waals surface area (Å²) in [6, 6.07) is 0. The third kappa shape index (κ3) is 54.1. The van der Waals surface area contributed by atoms with Crippen LogP contribution in [0.5, 0.6) is 0 Å². The van der Waals surface area contributed by atoms with Crippen LogP contribution in [0.3, 0.4) is 0 Å². The van der Waals surface area contributed by atoms with Crippen LogP contribution in [0, 0.1) is 0 Å². The van der Waals surface area contributed by atoms with Crippen LogP contribution in [0.4, 0.5) is 0 Å². The number of allylic oxidation sites excluding steroid dienone is 24. The van der Waals surface area contributed by atoms with Crippen LogP contribution < -0.4 is 0 Å². The van der Waals surface area contributed by atoms with Gasteiger partial charge in [0, 0.05) is 19.3 Å². The fraction of sp³-hybridized carbons (Fsp3) is 0.571. The number of hydrogen-bond acceptors (Lipinski definition) is 6. The number of esters is 3. The minimum absolute atomic E-state index is 0.103. The van der Waals surface area contributed by atoms with Crippen LogP contribution in [-0.2, 0) is 28.6 Å². The summed E-state index contributed by atoms with van der Waals surface area (Å²) in [6.07, 6.45) is 80.3. The third-order valence-electron chi connectivity index (χ3n) is 10.8. The summed E-state index contributed by atoms with van der Waals surface area (Å²) in [5, 5.41) is 0. The summed E-state index contributed by atoms with van der Waals surface area (Å²) >= 11 is 0. The predicted octanol–water partition coefficient (Wildman–Crippen LogP) is 18.4. The van der Waals surface area contributed by atoms with Gasteiger partial charge in [-0.1, -0.05) is 218 Å². The van der Waals surface area contributed by atoms with Crippen molar-refractivity contribution in [3.8, 4) is 0 Å². The van der Waals surface area contributed by atoms with Crippen molar-refractivity contribution in [2.75, 3.05) is 13.2 Å². The highest BCUT2D eigenvalue weighted by molar-refractivity contribution is 5.71. The molecule has 0 aromatic rings. The molecule has 0 bridgehead atoms. The molecule has 0 spiro atoms. The second kappa shape index (κ2) is 55.9. The molecule has 0 saturated heterocycles. The van der Waals surface area contributed by atoms with E-state index in [1.165, 1.54) is 6.42 Å². The number of carbonyl (C=O) groups excluding carboxylic acids is 3. The lowest BCUT2D eigenvalue weighted by atomic mass is 10.1. The number of hydrogen-bond donors (Lipinski definition) is 0. The van der Waals surface area contributed by atoms with Gasteiger partial charge < -0.3 is 14.2 Å². The Morgan fingerprint density at radius 3 is 0.971 bits per heavy atom. The smallest absolute Gasteiger partial charge is 0.306 e. The van der Waals surface area contributed by atoms with E-state index in [1.54, 1.807) is 0 Å². The molecule has 1 unspecified atom stereocenters. The summed E-state index contributed by atoms with van der Waals surface area (Å²) in [4.78, 5) is 37.6. The van der Waals surface area contributed by atoms with Crippen molar-refractivity contribution in [3.63, 3.8) is 0 Å². The lowest BCUT2D eigenvalue weighted by Gasteiger charge is -2.18. The predicted molar refractivity (Wildman–Crippen MR) is 297 cm³/mol. The quantitative estimate of drug-likeness (QED) is 0.0262. The fourth-order valence-electron chi connectivity index (χ4n) is 6.74. The molecular weight excluding hydrogens is 853 g/mol. The van der Waals surface area contributed by atoms with Crippen molar-refractivity contribution in [3.05, 3.63) is 146 Å². The van der Waals surface area contributed by atoms with Gasteiger partial charge in [0.1, 0.15) is 13.2 Å². The first-order valence-corrected chi connectivity index (χ1v) is 27.3. The Balaban J connectivity index is 4.20. The van der Waals surface area contributed by atoms with Crippen molar-refractivity contribution in [2.45, 2.75) is 219 Å². The van der Waals surface area contributed by atoms with Gasteiger partial charge in [-0.3, -0.25) is 14.4 Å². The number of rotatable bonds is 47. The van der Waals surface area contributed by atoms with Crippen molar-refractivity contribution >= 4 is 17.9 Å². The molecule has 69 heavy (non-hydrogen) atoms. The van der Waals surface area contributed by atoms with E-state index < -0.39 is 6.10 Å². The highest BCUT2D eigenvalue weighted by Crippen LogP contribution is 2.12. The van der Waals surface area contributed by atoms with Gasteiger partial charge in [-0.25, -0.2) is 0 Å². The van der Waals surface area contributed by atoms with Crippen molar-refractivity contribution in [1.82, 2.24) is 0 Å². The molecule has 0 N–H and O–H groups in total. The first-order valence-electron chi connectivity index (χ1n) is 27.3. The molecule has 0 aliphatic carbocycles. The maximum absolute atomic E-state index is 12.7. The van der Waals surface area contributed by atoms with E-state index >= 15 is 0 Å². The van der Waals surface area contributed by atoms with Crippen molar-refractivity contribution in [2.24, 2.45) is 0 Å². The minimum Gasteiger partial charge on any atom is -0.462 e. The van der Waals surface area contributed by atoms with Gasteiger partial charge in [-0.15, -0.1) is 0 Å². The molecule has 0 aromatic heterocycles. The average Bonchev–Trinajstić information content (AvgIpc) is 3.35. The number of carbonyl (C=O) groups is 3. The van der Waals surface area contributed by atoms with Gasteiger partial charge in [0.2, 0.25) is 0 Å². The molecule has 0 saturated carbocycles. The van der Waals surface area contributed by atoms with Crippen LogP contribution in [0.1, 0.15) is 213 Å². The zero-order valence-electron chi connectivity index (χ0n) is 44.0. The molecule has 0 rings (SSSR count). The molecule has 1 atom stereocenters. The van der Waals surface area contributed by atoms with E-state index in [9.17, 15) is 14.4 Å². The van der Waals surface area contributed by atoms with Gasteiger partial charge >= 0.3 is 17.9 Å². The van der Waals surface area contributed by atoms with Crippen LogP contribution in [0.2, 0.25) is 0 Å². The highest BCUT2D eigenvalue weighted by Gasteiger charge is 2.19. The van der Waals surface area contributed by atoms with E-state index in [-0.39, 0.29) is 31.1 Å². The molecule has 0 amide bonds. The minimum atomic E-state index is -0.804. The SMILES string of the molecule is CC/C=C\C/C=C\C/C=C\C/C=C\C/C=C\C/C=C\C/C=C\C/C=C\C/C=C\C/C=C\CCCCC(=O)OCC(COC(=O)CCCCCCC)OC(=O)CCCCCCC/C=C\C/C=C\CCC. The van der Waals surface area contributed by atoms with E-state index in [0.29, 0.717) is 25.7 Å². The molecule has 0 radical (unpaired) electrons. The van der Waals surface area contributed by atoms with Crippen molar-refractivity contribution in [1.29, 1.82) is 0 Å². The normalized spacial score (nSPS) is 13.3. The Morgan fingerprint density at radius 2 is 0.594 bits per heavy atom. The molecule has 6 heteroatoms. The fourth-order valence-corrected chi connectivity index (χ4v) is 6.74. The first kappa shape index (κ1) is 64.3. The second-order valence-corrected chi connectivity index (χ2v) is 17.4. The molecule has 0 aromatic carbocycles. The van der Waals surface area contributed by atoms with Crippen LogP contribution >= 0.6 is 0 Å². The number of unbranched alkanes of at least 4 members (excludes halogenated alkanes) is 12. The van der Waals surface area contributed by atoms with E-state index in [0.717, 1.165) is 161 Å². The second-order valence-electron chi connectivity index (χ2n) is 17.4. The van der Waals surface area contributed by atoms with Gasteiger partial charge in [0.05, 0.1) is 0 Å². The molecule has 0 aliphatic rings. The first-order chi connectivity index (χ1) is 34.0. The summed E-state index contributed by atoms with van der Waals surface area (Å²) in [7, 11) is 0. The molecule has 0 aliphatic heterocycles. The summed E-state index contributed by atoms with van der Waals surface area (Å²) < 4.78 is 16.6. The monoisotopic (exact) mass is 951 g/mol. The number of ether oxygens (including phenoxy) is 3. The maximum Gasteiger partial charge on any atom is 0.306 e. The molecule has 0 fully saturated rings. The van der Waals surface area contributed by atoms with E-state index in [4.69, 9.17) is 14.2 Å². The van der Waals surface area contributed by atoms with Crippen molar-refractivity contribution < 1.29 is 28.6 Å². The van der Waals surface area contributed by atoms with Crippen LogP contribution in [0.15, 0.2) is 146 Å². The van der Waals surface area contributed by atoms with Gasteiger partial charge in [0.15, 0.2) is 6.10 Å². The lowest BCUT2D eigenvalue weighted by molar-refractivity contribution is -0.167. The molecule has 6 nitrogen and oxygen atoms in total. The van der Waals surface area contributed by atoms with Crippen LogP contribution in [0.25, 0.3) is 0 Å². The van der Waals surface area contributed by atoms with Gasteiger partial charge in [-0.05, 0) is 122 Å². The summed E-state index contributed by atoms with van der Waals surface area (Å²) in [6.45, 7) is 6.29. The Kier molecular flexibility index (Phi) is 52.1. The van der Waals surface area contributed by atoms with Gasteiger partial charge in [0.25, 0.3) is 0 Å². The molecule has 0 heterocycles. The average molecular weight is 951 g/mol. The van der Waals surface area contributed by atoms with Crippen LogP contribution in [-0.4, -0.2) is 37.2 Å².